The summed E-state index contributed by atoms with van der Waals surface area (Å²) in [5.74, 6) is 0. The summed E-state index contributed by atoms with van der Waals surface area (Å²) in [4.78, 5) is 0. The van der Waals surface area contributed by atoms with Gasteiger partial charge in [0.2, 0.25) is 0 Å². The standard InChI is InChI=1S/C20H21N/c1-15-7-3-6-10-20(15)16(2)21-14-17-11-12-18-8-4-5-9-19(18)13-17/h3-13,16,21H,14H2,1-2H3/t16-/m1/s1. The molecule has 0 heterocycles. The molecule has 0 amide bonds. The highest BCUT2D eigenvalue weighted by Gasteiger charge is 2.07. The van der Waals surface area contributed by atoms with Gasteiger partial charge in [-0.05, 0) is 47.4 Å². The van der Waals surface area contributed by atoms with Crippen LogP contribution in [0.4, 0.5) is 0 Å². The lowest BCUT2D eigenvalue weighted by atomic mass is 10.0. The summed E-state index contributed by atoms with van der Waals surface area (Å²) in [6.07, 6.45) is 0. The van der Waals surface area contributed by atoms with Gasteiger partial charge in [0, 0.05) is 12.6 Å². The number of hydrogen-bond donors (Lipinski definition) is 1. The van der Waals surface area contributed by atoms with E-state index in [-0.39, 0.29) is 0 Å². The molecule has 0 fully saturated rings. The van der Waals surface area contributed by atoms with Crippen molar-refractivity contribution in [1.82, 2.24) is 5.32 Å². The Hall–Kier alpha value is -2.12. The predicted octanol–water partition coefficient (Wildman–Crippen LogP) is 5.00. The van der Waals surface area contributed by atoms with Crippen molar-refractivity contribution in [2.45, 2.75) is 26.4 Å². The first-order chi connectivity index (χ1) is 10.2. The van der Waals surface area contributed by atoms with E-state index in [1.54, 1.807) is 0 Å². The zero-order valence-electron chi connectivity index (χ0n) is 12.6. The average Bonchev–Trinajstić information content (AvgIpc) is 2.53. The molecule has 0 spiro atoms. The largest absolute Gasteiger partial charge is 0.306 e. The van der Waals surface area contributed by atoms with Crippen LogP contribution in [0.25, 0.3) is 10.8 Å². The molecule has 1 nitrogen and oxygen atoms in total. The van der Waals surface area contributed by atoms with Gasteiger partial charge < -0.3 is 5.32 Å². The summed E-state index contributed by atoms with van der Waals surface area (Å²) in [6.45, 7) is 5.28. The molecule has 106 valence electrons. The number of fused-ring (bicyclic) bond motifs is 1. The molecule has 0 aromatic heterocycles. The maximum atomic E-state index is 3.62. The highest BCUT2D eigenvalue weighted by molar-refractivity contribution is 5.82. The van der Waals surface area contributed by atoms with Crippen molar-refractivity contribution in [2.75, 3.05) is 0 Å². The lowest BCUT2D eigenvalue weighted by Crippen LogP contribution is -2.18. The van der Waals surface area contributed by atoms with Crippen molar-refractivity contribution in [3.8, 4) is 0 Å². The highest BCUT2D eigenvalue weighted by Crippen LogP contribution is 2.19. The SMILES string of the molecule is Cc1ccccc1[C@@H](C)NCc1ccc2ccccc2c1. The van der Waals surface area contributed by atoms with Gasteiger partial charge in [-0.25, -0.2) is 0 Å². The third-order valence-electron chi connectivity index (χ3n) is 4.08. The molecule has 0 saturated heterocycles. The molecule has 0 radical (unpaired) electrons. The fraction of sp³-hybridized carbons (Fsp3) is 0.200. The van der Waals surface area contributed by atoms with E-state index < -0.39 is 0 Å². The van der Waals surface area contributed by atoms with Crippen LogP contribution in [0.1, 0.15) is 29.7 Å². The van der Waals surface area contributed by atoms with Crippen molar-refractivity contribution < 1.29 is 0 Å². The lowest BCUT2D eigenvalue weighted by Gasteiger charge is -2.16. The summed E-state index contributed by atoms with van der Waals surface area (Å²) in [5, 5.41) is 6.23. The van der Waals surface area contributed by atoms with E-state index in [4.69, 9.17) is 0 Å². The summed E-state index contributed by atoms with van der Waals surface area (Å²) >= 11 is 0. The second-order valence-corrected chi connectivity index (χ2v) is 5.64. The summed E-state index contributed by atoms with van der Waals surface area (Å²) in [5.41, 5.74) is 4.04. The highest BCUT2D eigenvalue weighted by atomic mass is 14.9. The first kappa shape index (κ1) is 13.8. The van der Waals surface area contributed by atoms with Crippen LogP contribution in [-0.2, 0) is 6.54 Å². The van der Waals surface area contributed by atoms with Crippen molar-refractivity contribution in [3.05, 3.63) is 83.4 Å². The van der Waals surface area contributed by atoms with Crippen LogP contribution in [0.2, 0.25) is 0 Å². The topological polar surface area (TPSA) is 12.0 Å². The van der Waals surface area contributed by atoms with Gasteiger partial charge in [0.05, 0.1) is 0 Å². The minimum absolute atomic E-state index is 0.359. The normalized spacial score (nSPS) is 12.5. The molecule has 0 saturated carbocycles. The molecule has 0 unspecified atom stereocenters. The van der Waals surface area contributed by atoms with Crippen molar-refractivity contribution in [2.24, 2.45) is 0 Å². The summed E-state index contributed by atoms with van der Waals surface area (Å²) in [7, 11) is 0. The molecule has 1 atom stereocenters. The molecule has 0 aliphatic rings. The van der Waals surface area contributed by atoms with Crippen molar-refractivity contribution >= 4 is 10.8 Å². The third-order valence-corrected chi connectivity index (χ3v) is 4.08. The number of nitrogens with one attached hydrogen (secondary N) is 1. The maximum absolute atomic E-state index is 3.62. The predicted molar refractivity (Wildman–Crippen MR) is 90.4 cm³/mol. The van der Waals surface area contributed by atoms with Gasteiger partial charge in [-0.15, -0.1) is 0 Å². The molecule has 21 heavy (non-hydrogen) atoms. The minimum Gasteiger partial charge on any atom is -0.306 e. The Morgan fingerprint density at radius 2 is 1.57 bits per heavy atom. The summed E-state index contributed by atoms with van der Waals surface area (Å²) < 4.78 is 0. The fourth-order valence-electron chi connectivity index (χ4n) is 2.80. The van der Waals surface area contributed by atoms with Crippen molar-refractivity contribution in [3.63, 3.8) is 0 Å². The Balaban J connectivity index is 1.73. The Bertz CT molecular complexity index is 745. The lowest BCUT2D eigenvalue weighted by molar-refractivity contribution is 0.572. The van der Waals surface area contributed by atoms with Crippen LogP contribution in [-0.4, -0.2) is 0 Å². The molecular weight excluding hydrogens is 254 g/mol. The number of benzene rings is 3. The van der Waals surface area contributed by atoms with Gasteiger partial charge in [0.25, 0.3) is 0 Å². The Morgan fingerprint density at radius 3 is 2.38 bits per heavy atom. The van der Waals surface area contributed by atoms with Crippen LogP contribution in [0.5, 0.6) is 0 Å². The van der Waals surface area contributed by atoms with E-state index in [9.17, 15) is 0 Å². The molecule has 1 N–H and O–H groups in total. The van der Waals surface area contributed by atoms with Gasteiger partial charge in [-0.2, -0.15) is 0 Å². The molecule has 0 aliphatic carbocycles. The molecule has 0 aliphatic heterocycles. The molecule has 3 aromatic carbocycles. The number of aryl methyl sites for hydroxylation is 1. The molecule has 0 bridgehead atoms. The van der Waals surface area contributed by atoms with Gasteiger partial charge >= 0.3 is 0 Å². The first-order valence-corrected chi connectivity index (χ1v) is 7.50. The Kier molecular flexibility index (Phi) is 4.03. The van der Waals surface area contributed by atoms with Gasteiger partial charge in [0.1, 0.15) is 0 Å². The van der Waals surface area contributed by atoms with Gasteiger partial charge in [-0.3, -0.25) is 0 Å². The van der Waals surface area contributed by atoms with Crippen LogP contribution >= 0.6 is 0 Å². The van der Waals surface area contributed by atoms with E-state index in [0.717, 1.165) is 6.54 Å². The Labute approximate surface area is 126 Å². The molecule has 1 heteroatoms. The van der Waals surface area contributed by atoms with Gasteiger partial charge in [0.15, 0.2) is 0 Å². The molecular formula is C20H21N. The molecule has 3 aromatic rings. The van der Waals surface area contributed by atoms with E-state index in [0.29, 0.717) is 6.04 Å². The second-order valence-electron chi connectivity index (χ2n) is 5.64. The van der Waals surface area contributed by atoms with Crippen molar-refractivity contribution in [1.29, 1.82) is 0 Å². The average molecular weight is 275 g/mol. The maximum Gasteiger partial charge on any atom is 0.0297 e. The first-order valence-electron chi connectivity index (χ1n) is 7.50. The monoisotopic (exact) mass is 275 g/mol. The van der Waals surface area contributed by atoms with Crippen LogP contribution < -0.4 is 5.32 Å². The van der Waals surface area contributed by atoms with E-state index in [1.807, 2.05) is 0 Å². The van der Waals surface area contributed by atoms with Crippen LogP contribution in [0, 0.1) is 6.92 Å². The minimum atomic E-state index is 0.359. The van der Waals surface area contributed by atoms with E-state index >= 15 is 0 Å². The smallest absolute Gasteiger partial charge is 0.0297 e. The van der Waals surface area contributed by atoms with Gasteiger partial charge in [-0.1, -0.05) is 60.7 Å². The fourth-order valence-corrected chi connectivity index (χ4v) is 2.80. The summed E-state index contributed by atoms with van der Waals surface area (Å²) in [6, 6.07) is 24.1. The molecule has 3 rings (SSSR count). The van der Waals surface area contributed by atoms with E-state index in [1.165, 1.54) is 27.5 Å². The zero-order valence-corrected chi connectivity index (χ0v) is 12.6. The zero-order chi connectivity index (χ0) is 14.7. The number of hydrogen-bond acceptors (Lipinski definition) is 1. The second kappa shape index (κ2) is 6.11. The quantitative estimate of drug-likeness (QED) is 0.706. The Morgan fingerprint density at radius 1 is 0.857 bits per heavy atom. The van der Waals surface area contributed by atoms with E-state index in [2.05, 4.69) is 85.9 Å². The number of rotatable bonds is 4. The van der Waals surface area contributed by atoms with Crippen LogP contribution in [0.3, 0.4) is 0 Å². The van der Waals surface area contributed by atoms with Crippen LogP contribution in [0.15, 0.2) is 66.7 Å². The third kappa shape index (κ3) is 3.14.